The molecule has 108 valence electrons. The molecule has 21 heavy (non-hydrogen) atoms. The molecule has 3 heteroatoms. The molecule has 1 atom stereocenters. The number of benzene rings is 2. The lowest BCUT2D eigenvalue weighted by Crippen LogP contribution is -2.42. The monoisotopic (exact) mass is 281 g/mol. The SMILES string of the molecule is O=C(c1ccccc1)[C@@H](c1ccccc1)N1CCOCC1. The van der Waals surface area contributed by atoms with Crippen LogP contribution in [0.25, 0.3) is 0 Å². The Hall–Kier alpha value is -1.97. The van der Waals surface area contributed by atoms with Gasteiger partial charge in [0.05, 0.1) is 19.3 Å². The number of nitrogens with zero attached hydrogens (tertiary/aromatic N) is 1. The summed E-state index contributed by atoms with van der Waals surface area (Å²) < 4.78 is 5.42. The molecular formula is C18H19NO2. The zero-order chi connectivity index (χ0) is 14.5. The molecule has 0 radical (unpaired) electrons. The number of hydrogen-bond donors (Lipinski definition) is 0. The highest BCUT2D eigenvalue weighted by atomic mass is 16.5. The van der Waals surface area contributed by atoms with Crippen molar-refractivity contribution in [3.8, 4) is 0 Å². The largest absolute Gasteiger partial charge is 0.379 e. The Morgan fingerprint density at radius 1 is 0.905 bits per heavy atom. The summed E-state index contributed by atoms with van der Waals surface area (Å²) in [5.41, 5.74) is 1.81. The fourth-order valence-corrected chi connectivity index (χ4v) is 2.76. The fourth-order valence-electron chi connectivity index (χ4n) is 2.76. The molecule has 1 heterocycles. The van der Waals surface area contributed by atoms with Crippen LogP contribution in [0, 0.1) is 0 Å². The second-order valence-corrected chi connectivity index (χ2v) is 5.19. The second-order valence-electron chi connectivity index (χ2n) is 5.19. The molecule has 1 aliphatic heterocycles. The van der Waals surface area contributed by atoms with Crippen LogP contribution in [0.15, 0.2) is 60.7 Å². The van der Waals surface area contributed by atoms with Gasteiger partial charge in [0.2, 0.25) is 0 Å². The van der Waals surface area contributed by atoms with E-state index in [0.29, 0.717) is 13.2 Å². The van der Waals surface area contributed by atoms with Gasteiger partial charge in [0, 0.05) is 18.7 Å². The molecule has 2 aromatic rings. The minimum Gasteiger partial charge on any atom is -0.379 e. The lowest BCUT2D eigenvalue weighted by Gasteiger charge is -2.33. The van der Waals surface area contributed by atoms with E-state index in [-0.39, 0.29) is 11.8 Å². The van der Waals surface area contributed by atoms with Crippen LogP contribution < -0.4 is 0 Å². The summed E-state index contributed by atoms with van der Waals surface area (Å²) in [5, 5.41) is 0. The molecule has 1 aliphatic rings. The molecule has 1 fully saturated rings. The first kappa shape index (κ1) is 14.0. The number of Topliss-reactive ketones (excluding diaryl/α,β-unsaturated/α-hetero) is 1. The van der Waals surface area contributed by atoms with Gasteiger partial charge in [0.25, 0.3) is 0 Å². The zero-order valence-electron chi connectivity index (χ0n) is 11.9. The highest BCUT2D eigenvalue weighted by molar-refractivity contribution is 6.00. The number of rotatable bonds is 4. The van der Waals surface area contributed by atoms with E-state index < -0.39 is 0 Å². The first-order valence-electron chi connectivity index (χ1n) is 7.32. The van der Waals surface area contributed by atoms with Crippen molar-refractivity contribution in [3.05, 3.63) is 71.8 Å². The first-order chi connectivity index (χ1) is 10.4. The maximum atomic E-state index is 13.0. The molecule has 0 spiro atoms. The molecule has 0 aromatic heterocycles. The Morgan fingerprint density at radius 3 is 2.10 bits per heavy atom. The lowest BCUT2D eigenvalue weighted by atomic mass is 9.95. The molecule has 2 aromatic carbocycles. The van der Waals surface area contributed by atoms with Crippen LogP contribution in [-0.4, -0.2) is 37.0 Å². The molecule has 3 rings (SSSR count). The third kappa shape index (κ3) is 3.20. The van der Waals surface area contributed by atoms with Gasteiger partial charge in [0.1, 0.15) is 0 Å². The number of carbonyl (C=O) groups excluding carboxylic acids is 1. The number of carbonyl (C=O) groups is 1. The van der Waals surface area contributed by atoms with Gasteiger partial charge in [-0.1, -0.05) is 60.7 Å². The number of ether oxygens (including phenoxy) is 1. The zero-order valence-corrected chi connectivity index (χ0v) is 11.9. The maximum absolute atomic E-state index is 13.0. The Bertz CT molecular complexity index is 577. The van der Waals surface area contributed by atoms with Crippen LogP contribution in [0.1, 0.15) is 22.0 Å². The Morgan fingerprint density at radius 2 is 1.48 bits per heavy atom. The molecule has 0 amide bonds. The second kappa shape index (κ2) is 6.66. The first-order valence-corrected chi connectivity index (χ1v) is 7.32. The normalized spacial score (nSPS) is 17.3. The molecule has 0 saturated carbocycles. The van der Waals surface area contributed by atoms with E-state index in [0.717, 1.165) is 24.2 Å². The van der Waals surface area contributed by atoms with Gasteiger partial charge in [0.15, 0.2) is 5.78 Å². The molecule has 0 bridgehead atoms. The van der Waals surface area contributed by atoms with Gasteiger partial charge in [-0.2, -0.15) is 0 Å². The van der Waals surface area contributed by atoms with Crippen molar-refractivity contribution in [2.75, 3.05) is 26.3 Å². The van der Waals surface area contributed by atoms with Crippen molar-refractivity contribution in [3.63, 3.8) is 0 Å². The summed E-state index contributed by atoms with van der Waals surface area (Å²) >= 11 is 0. The smallest absolute Gasteiger partial charge is 0.184 e. The summed E-state index contributed by atoms with van der Waals surface area (Å²) in [6, 6.07) is 19.3. The molecule has 1 saturated heterocycles. The Kier molecular flexibility index (Phi) is 4.43. The van der Waals surface area contributed by atoms with Crippen LogP contribution in [0.2, 0.25) is 0 Å². The van der Waals surface area contributed by atoms with E-state index in [2.05, 4.69) is 4.90 Å². The Balaban J connectivity index is 1.94. The van der Waals surface area contributed by atoms with E-state index in [1.807, 2.05) is 60.7 Å². The minimum atomic E-state index is -0.225. The Labute approximate surface area is 125 Å². The van der Waals surface area contributed by atoms with Crippen molar-refractivity contribution in [2.45, 2.75) is 6.04 Å². The van der Waals surface area contributed by atoms with Crippen LogP contribution in [0.5, 0.6) is 0 Å². The van der Waals surface area contributed by atoms with Gasteiger partial charge < -0.3 is 4.74 Å². The van der Waals surface area contributed by atoms with Gasteiger partial charge >= 0.3 is 0 Å². The molecule has 0 unspecified atom stereocenters. The molecule has 0 aliphatic carbocycles. The minimum absolute atomic E-state index is 0.156. The van der Waals surface area contributed by atoms with Gasteiger partial charge in [-0.05, 0) is 5.56 Å². The predicted octanol–water partition coefficient (Wildman–Crippen LogP) is 2.94. The summed E-state index contributed by atoms with van der Waals surface area (Å²) in [6.07, 6.45) is 0. The fraction of sp³-hybridized carbons (Fsp3) is 0.278. The standard InChI is InChI=1S/C18H19NO2/c20-18(16-9-5-2-6-10-16)17(15-7-3-1-4-8-15)19-11-13-21-14-12-19/h1-10,17H,11-14H2/t17-/m1/s1. The van der Waals surface area contributed by atoms with Crippen molar-refractivity contribution < 1.29 is 9.53 Å². The summed E-state index contributed by atoms with van der Waals surface area (Å²) in [4.78, 5) is 15.2. The number of ketones is 1. The van der Waals surface area contributed by atoms with E-state index in [4.69, 9.17) is 4.74 Å². The van der Waals surface area contributed by atoms with E-state index >= 15 is 0 Å². The van der Waals surface area contributed by atoms with Gasteiger partial charge in [-0.15, -0.1) is 0 Å². The average molecular weight is 281 g/mol. The third-order valence-electron chi connectivity index (χ3n) is 3.83. The average Bonchev–Trinajstić information content (AvgIpc) is 2.58. The predicted molar refractivity (Wildman–Crippen MR) is 82.3 cm³/mol. The van der Waals surface area contributed by atoms with Crippen LogP contribution >= 0.6 is 0 Å². The quantitative estimate of drug-likeness (QED) is 0.807. The van der Waals surface area contributed by atoms with Crippen molar-refractivity contribution in [1.29, 1.82) is 0 Å². The van der Waals surface area contributed by atoms with Crippen LogP contribution in [0.4, 0.5) is 0 Å². The van der Waals surface area contributed by atoms with E-state index in [1.165, 1.54) is 0 Å². The topological polar surface area (TPSA) is 29.5 Å². The number of morpholine rings is 1. The van der Waals surface area contributed by atoms with Crippen molar-refractivity contribution in [2.24, 2.45) is 0 Å². The van der Waals surface area contributed by atoms with Gasteiger partial charge in [-0.3, -0.25) is 9.69 Å². The summed E-state index contributed by atoms with van der Waals surface area (Å²) in [5.74, 6) is 0.156. The van der Waals surface area contributed by atoms with E-state index in [1.54, 1.807) is 0 Å². The highest BCUT2D eigenvalue weighted by Crippen LogP contribution is 2.26. The maximum Gasteiger partial charge on any atom is 0.184 e. The molecule has 3 nitrogen and oxygen atoms in total. The van der Waals surface area contributed by atoms with Crippen LogP contribution in [0.3, 0.4) is 0 Å². The highest BCUT2D eigenvalue weighted by Gasteiger charge is 2.29. The van der Waals surface area contributed by atoms with Crippen LogP contribution in [-0.2, 0) is 4.74 Å². The molecular weight excluding hydrogens is 262 g/mol. The van der Waals surface area contributed by atoms with Crippen molar-refractivity contribution >= 4 is 5.78 Å². The summed E-state index contributed by atoms with van der Waals surface area (Å²) in [7, 11) is 0. The third-order valence-corrected chi connectivity index (χ3v) is 3.83. The van der Waals surface area contributed by atoms with Gasteiger partial charge in [-0.25, -0.2) is 0 Å². The van der Waals surface area contributed by atoms with Crippen molar-refractivity contribution in [1.82, 2.24) is 4.90 Å². The summed E-state index contributed by atoms with van der Waals surface area (Å²) in [6.45, 7) is 2.95. The molecule has 0 N–H and O–H groups in total. The number of hydrogen-bond acceptors (Lipinski definition) is 3. The lowest BCUT2D eigenvalue weighted by molar-refractivity contribution is 0.0172. The van der Waals surface area contributed by atoms with E-state index in [9.17, 15) is 4.79 Å².